The first-order valence-electron chi connectivity index (χ1n) is 5.91. The lowest BCUT2D eigenvalue weighted by atomic mass is 10.2. The minimum atomic E-state index is -3.62. The number of nitrogens with one attached hydrogen (secondary N) is 1. The van der Waals surface area contributed by atoms with E-state index in [1.54, 1.807) is 13.8 Å². The van der Waals surface area contributed by atoms with Crippen LogP contribution >= 0.6 is 0 Å². The van der Waals surface area contributed by atoms with Crippen LogP contribution in [0, 0.1) is 19.3 Å². The maximum Gasteiger partial charge on any atom is 0.244 e. The van der Waals surface area contributed by atoms with Gasteiger partial charge in [-0.2, -0.15) is 0 Å². The van der Waals surface area contributed by atoms with Gasteiger partial charge in [-0.3, -0.25) is 0 Å². The van der Waals surface area contributed by atoms with Gasteiger partial charge in [-0.25, -0.2) is 13.1 Å². The van der Waals surface area contributed by atoms with Gasteiger partial charge in [-0.1, -0.05) is 13.8 Å². The zero-order chi connectivity index (χ0) is 13.7. The Balaban J connectivity index is 2.36. The number of sulfonamides is 1. The van der Waals surface area contributed by atoms with Crippen molar-refractivity contribution in [3.63, 3.8) is 0 Å². The lowest BCUT2D eigenvalue weighted by Crippen LogP contribution is -2.29. The third-order valence-corrected chi connectivity index (χ3v) is 5.23. The Morgan fingerprint density at radius 3 is 2.39 bits per heavy atom. The third kappa shape index (κ3) is 2.20. The van der Waals surface area contributed by atoms with Crippen LogP contribution in [0.2, 0.25) is 0 Å². The van der Waals surface area contributed by atoms with Gasteiger partial charge in [0.25, 0.3) is 0 Å². The molecule has 1 fully saturated rings. The molecule has 6 heteroatoms. The summed E-state index contributed by atoms with van der Waals surface area (Å²) in [6.45, 7) is 6.94. The summed E-state index contributed by atoms with van der Waals surface area (Å²) in [4.78, 5) is 0.0881. The van der Waals surface area contributed by atoms with Crippen LogP contribution in [0.1, 0.15) is 37.4 Å². The number of hydrogen-bond acceptors (Lipinski definition) is 4. The number of aliphatic hydroxyl groups is 1. The SMILES string of the molecule is Cc1oc(C)c(S(=O)(=O)NC2CC2(C)C)c1CO. The summed E-state index contributed by atoms with van der Waals surface area (Å²) in [5.74, 6) is 0.771. The van der Waals surface area contributed by atoms with Crippen molar-refractivity contribution in [3.05, 3.63) is 17.1 Å². The van der Waals surface area contributed by atoms with Crippen LogP contribution in [0.25, 0.3) is 0 Å². The first kappa shape index (κ1) is 13.6. The van der Waals surface area contributed by atoms with E-state index in [2.05, 4.69) is 4.72 Å². The van der Waals surface area contributed by atoms with E-state index >= 15 is 0 Å². The Hall–Kier alpha value is -0.850. The average molecular weight is 273 g/mol. The smallest absolute Gasteiger partial charge is 0.244 e. The molecule has 2 N–H and O–H groups in total. The molecule has 1 aromatic rings. The highest BCUT2D eigenvalue weighted by atomic mass is 32.2. The van der Waals surface area contributed by atoms with Crippen LogP contribution in [0.4, 0.5) is 0 Å². The molecular weight excluding hydrogens is 254 g/mol. The van der Waals surface area contributed by atoms with Gasteiger partial charge in [0.1, 0.15) is 16.4 Å². The lowest BCUT2D eigenvalue weighted by Gasteiger charge is -2.08. The van der Waals surface area contributed by atoms with Crippen molar-refractivity contribution in [2.24, 2.45) is 5.41 Å². The van der Waals surface area contributed by atoms with Gasteiger partial charge in [-0.15, -0.1) is 0 Å². The maximum atomic E-state index is 12.3. The molecule has 2 rings (SSSR count). The quantitative estimate of drug-likeness (QED) is 0.870. The maximum absolute atomic E-state index is 12.3. The lowest BCUT2D eigenvalue weighted by molar-refractivity contribution is 0.276. The number of aliphatic hydroxyl groups excluding tert-OH is 1. The predicted octanol–water partition coefficient (Wildman–Crippen LogP) is 1.47. The zero-order valence-electron chi connectivity index (χ0n) is 11.1. The second kappa shape index (κ2) is 4.08. The van der Waals surface area contributed by atoms with Gasteiger partial charge < -0.3 is 9.52 Å². The standard InChI is InChI=1S/C12H19NO4S/c1-7-9(6-14)11(8(2)17-7)18(15,16)13-10-5-12(10,3)4/h10,13-14H,5-6H2,1-4H3. The van der Waals surface area contributed by atoms with Crippen LogP contribution in [0.15, 0.2) is 9.31 Å². The van der Waals surface area contributed by atoms with Gasteiger partial charge >= 0.3 is 0 Å². The van der Waals surface area contributed by atoms with E-state index < -0.39 is 10.0 Å². The van der Waals surface area contributed by atoms with Crippen molar-refractivity contribution in [2.75, 3.05) is 0 Å². The van der Waals surface area contributed by atoms with E-state index in [0.29, 0.717) is 17.1 Å². The third-order valence-electron chi connectivity index (χ3n) is 3.56. The molecule has 5 nitrogen and oxygen atoms in total. The normalized spacial score (nSPS) is 22.2. The highest BCUT2D eigenvalue weighted by molar-refractivity contribution is 7.89. The largest absolute Gasteiger partial charge is 0.465 e. The molecule has 0 bridgehead atoms. The van der Waals surface area contributed by atoms with E-state index in [1.165, 1.54) is 0 Å². The van der Waals surface area contributed by atoms with Crippen molar-refractivity contribution in [1.29, 1.82) is 0 Å². The predicted molar refractivity (Wildman–Crippen MR) is 66.6 cm³/mol. The monoisotopic (exact) mass is 273 g/mol. The van der Waals surface area contributed by atoms with E-state index in [9.17, 15) is 13.5 Å². The number of furan rings is 1. The summed E-state index contributed by atoms with van der Waals surface area (Å²) in [6.07, 6.45) is 0.830. The highest BCUT2D eigenvalue weighted by Crippen LogP contribution is 2.45. The molecule has 0 saturated heterocycles. The molecule has 1 aliphatic rings. The molecular formula is C12H19NO4S. The molecule has 1 saturated carbocycles. The minimum Gasteiger partial charge on any atom is -0.465 e. The van der Waals surface area contributed by atoms with Crippen molar-refractivity contribution in [3.8, 4) is 0 Å². The Labute approximate surface area is 107 Å². The molecule has 0 aromatic carbocycles. The second-order valence-corrected chi connectivity index (χ2v) is 7.20. The summed E-state index contributed by atoms with van der Waals surface area (Å²) >= 11 is 0. The average Bonchev–Trinajstić information content (AvgIpc) is 2.67. The van der Waals surface area contributed by atoms with Crippen LogP contribution in [-0.4, -0.2) is 19.6 Å². The van der Waals surface area contributed by atoms with Crippen molar-refractivity contribution in [2.45, 2.75) is 51.7 Å². The van der Waals surface area contributed by atoms with E-state index in [1.807, 2.05) is 13.8 Å². The fourth-order valence-electron chi connectivity index (χ4n) is 2.16. The summed E-state index contributed by atoms with van der Waals surface area (Å²) in [5, 5.41) is 9.28. The van der Waals surface area contributed by atoms with Crippen LogP contribution in [-0.2, 0) is 16.6 Å². The molecule has 1 aromatic heterocycles. The number of rotatable bonds is 4. The van der Waals surface area contributed by atoms with Gasteiger partial charge in [0.2, 0.25) is 10.0 Å². The van der Waals surface area contributed by atoms with Crippen molar-refractivity contribution >= 4 is 10.0 Å². The first-order valence-corrected chi connectivity index (χ1v) is 7.39. The van der Waals surface area contributed by atoms with Gasteiger partial charge in [0.15, 0.2) is 0 Å². The summed E-state index contributed by atoms with van der Waals surface area (Å²) in [7, 11) is -3.62. The molecule has 18 heavy (non-hydrogen) atoms. The van der Waals surface area contributed by atoms with Gasteiger partial charge in [-0.05, 0) is 25.7 Å². The Morgan fingerprint density at radius 2 is 1.94 bits per heavy atom. The molecule has 0 radical (unpaired) electrons. The van der Waals surface area contributed by atoms with E-state index in [4.69, 9.17) is 4.42 Å². The summed E-state index contributed by atoms with van der Waals surface area (Å²) in [6, 6.07) is -0.0383. The second-order valence-electron chi connectivity index (χ2n) is 5.55. The first-order chi connectivity index (χ1) is 8.19. The van der Waals surface area contributed by atoms with Crippen molar-refractivity contribution < 1.29 is 17.9 Å². The number of hydrogen-bond donors (Lipinski definition) is 2. The minimum absolute atomic E-state index is 0.0130. The summed E-state index contributed by atoms with van der Waals surface area (Å²) < 4.78 is 32.6. The molecule has 0 spiro atoms. The molecule has 102 valence electrons. The Morgan fingerprint density at radius 1 is 1.39 bits per heavy atom. The topological polar surface area (TPSA) is 79.5 Å². The zero-order valence-corrected chi connectivity index (χ0v) is 11.9. The van der Waals surface area contributed by atoms with Gasteiger partial charge in [0.05, 0.1) is 6.61 Å². The molecule has 1 atom stereocenters. The molecule has 0 aliphatic heterocycles. The molecule has 1 aliphatic carbocycles. The van der Waals surface area contributed by atoms with Crippen molar-refractivity contribution in [1.82, 2.24) is 4.72 Å². The molecule has 1 unspecified atom stereocenters. The Bertz CT molecular complexity index is 571. The highest BCUT2D eigenvalue weighted by Gasteiger charge is 2.48. The van der Waals surface area contributed by atoms with E-state index in [0.717, 1.165) is 6.42 Å². The fourth-order valence-corrected chi connectivity index (χ4v) is 4.01. The molecule has 0 amide bonds. The Kier molecular flexibility index (Phi) is 3.08. The molecule has 1 heterocycles. The van der Waals surface area contributed by atoms with E-state index in [-0.39, 0.29) is 23.0 Å². The number of aryl methyl sites for hydroxylation is 2. The fraction of sp³-hybridized carbons (Fsp3) is 0.667. The van der Waals surface area contributed by atoms with Gasteiger partial charge in [0, 0.05) is 11.6 Å². The van der Waals surface area contributed by atoms with Crippen LogP contribution < -0.4 is 4.72 Å². The summed E-state index contributed by atoms with van der Waals surface area (Å²) in [5.41, 5.74) is 0.359. The van der Waals surface area contributed by atoms with Crippen LogP contribution in [0.3, 0.4) is 0 Å². The van der Waals surface area contributed by atoms with Crippen LogP contribution in [0.5, 0.6) is 0 Å².